The molecular weight excluding hydrogens is 374 g/mol. The van der Waals surface area contributed by atoms with Gasteiger partial charge in [-0.05, 0) is 24.1 Å². The van der Waals surface area contributed by atoms with Crippen molar-refractivity contribution in [2.75, 3.05) is 32.4 Å². The first-order valence-electron chi connectivity index (χ1n) is 7.77. The van der Waals surface area contributed by atoms with Crippen molar-refractivity contribution < 1.29 is 19.0 Å². The number of aryl methyl sites for hydroxylation is 1. The molecule has 1 N–H and O–H groups in total. The van der Waals surface area contributed by atoms with E-state index in [1.165, 1.54) is 23.1 Å². The van der Waals surface area contributed by atoms with E-state index < -0.39 is 0 Å². The van der Waals surface area contributed by atoms with Gasteiger partial charge in [-0.2, -0.15) is 0 Å². The van der Waals surface area contributed by atoms with Crippen molar-refractivity contribution >= 4 is 34.1 Å². The molecular formula is C17H21N3O4S2. The molecule has 0 unspecified atom stereocenters. The van der Waals surface area contributed by atoms with Crippen LogP contribution in [0.1, 0.15) is 12.0 Å². The minimum absolute atomic E-state index is 0.129. The molecule has 1 amide bonds. The first-order valence-corrected chi connectivity index (χ1v) is 9.57. The molecule has 7 nitrogen and oxygen atoms in total. The summed E-state index contributed by atoms with van der Waals surface area (Å²) in [6.07, 6.45) is 2.62. The van der Waals surface area contributed by atoms with Crippen LogP contribution in [0.5, 0.6) is 17.2 Å². The molecule has 0 saturated carbocycles. The molecule has 2 aromatic rings. The predicted octanol–water partition coefficient (Wildman–Crippen LogP) is 3.41. The molecule has 9 heteroatoms. The third-order valence-corrected chi connectivity index (χ3v) is 5.31. The molecule has 26 heavy (non-hydrogen) atoms. The van der Waals surface area contributed by atoms with E-state index in [2.05, 4.69) is 22.1 Å². The lowest BCUT2D eigenvalue weighted by molar-refractivity contribution is -0.116. The highest BCUT2D eigenvalue weighted by Crippen LogP contribution is 2.38. The Balaban J connectivity index is 1.96. The van der Waals surface area contributed by atoms with E-state index in [-0.39, 0.29) is 5.91 Å². The molecule has 0 aliphatic heterocycles. The summed E-state index contributed by atoms with van der Waals surface area (Å²) in [7, 11) is 4.67. The van der Waals surface area contributed by atoms with Crippen molar-refractivity contribution in [1.29, 1.82) is 0 Å². The largest absolute Gasteiger partial charge is 0.493 e. The number of carbonyl (C=O) groups is 1. The molecule has 1 heterocycles. The number of nitrogens with zero attached hydrogens (tertiary/aromatic N) is 2. The molecule has 140 valence electrons. The quantitative estimate of drug-likeness (QED) is 0.375. The van der Waals surface area contributed by atoms with Crippen molar-refractivity contribution in [3.05, 3.63) is 30.4 Å². The Kier molecular flexibility index (Phi) is 7.73. The molecule has 0 aliphatic rings. The Bertz CT molecular complexity index is 739. The molecule has 0 aliphatic carbocycles. The Morgan fingerprint density at radius 2 is 1.92 bits per heavy atom. The van der Waals surface area contributed by atoms with Crippen LogP contribution in [0.3, 0.4) is 0 Å². The van der Waals surface area contributed by atoms with Gasteiger partial charge in [0.05, 0.1) is 21.3 Å². The smallest absolute Gasteiger partial charge is 0.226 e. The lowest BCUT2D eigenvalue weighted by Crippen LogP contribution is -2.12. The zero-order valence-electron chi connectivity index (χ0n) is 14.9. The number of benzene rings is 1. The van der Waals surface area contributed by atoms with E-state index >= 15 is 0 Å². The normalized spacial score (nSPS) is 10.3. The van der Waals surface area contributed by atoms with Gasteiger partial charge in [-0.25, -0.2) is 0 Å². The van der Waals surface area contributed by atoms with Gasteiger partial charge in [0.2, 0.25) is 16.8 Å². The minimum atomic E-state index is -0.129. The zero-order chi connectivity index (χ0) is 18.9. The third-order valence-electron chi connectivity index (χ3n) is 3.34. The van der Waals surface area contributed by atoms with Crippen LogP contribution in [-0.2, 0) is 11.2 Å². The molecule has 0 atom stereocenters. The second kappa shape index (κ2) is 10.0. The second-order valence-electron chi connectivity index (χ2n) is 5.05. The van der Waals surface area contributed by atoms with Gasteiger partial charge in [0.15, 0.2) is 15.8 Å². The van der Waals surface area contributed by atoms with Gasteiger partial charge >= 0.3 is 0 Å². The standard InChI is InChI=1S/C17H21N3O4S2/c1-5-8-25-17-20-19-16(26-17)18-14(21)7-6-11-9-12(22-2)15(24-4)13(10-11)23-3/h5,9-10H,1,6-8H2,2-4H3,(H,18,19,21). The lowest BCUT2D eigenvalue weighted by Gasteiger charge is -2.14. The monoisotopic (exact) mass is 395 g/mol. The first-order chi connectivity index (χ1) is 12.6. The lowest BCUT2D eigenvalue weighted by atomic mass is 10.1. The van der Waals surface area contributed by atoms with Crippen LogP contribution in [0.25, 0.3) is 0 Å². The summed E-state index contributed by atoms with van der Waals surface area (Å²) < 4.78 is 16.7. The van der Waals surface area contributed by atoms with Crippen molar-refractivity contribution in [2.24, 2.45) is 0 Å². The maximum atomic E-state index is 12.2. The first kappa shape index (κ1) is 20.1. The highest BCUT2D eigenvalue weighted by atomic mass is 32.2. The summed E-state index contributed by atoms with van der Waals surface area (Å²) in [5.41, 5.74) is 0.911. The average Bonchev–Trinajstić information content (AvgIpc) is 3.10. The van der Waals surface area contributed by atoms with Crippen LogP contribution in [0.2, 0.25) is 0 Å². The van der Waals surface area contributed by atoms with Gasteiger partial charge in [-0.3, -0.25) is 4.79 Å². The topological polar surface area (TPSA) is 82.6 Å². The zero-order valence-corrected chi connectivity index (χ0v) is 16.5. The summed E-state index contributed by atoms with van der Waals surface area (Å²) in [6.45, 7) is 3.66. The molecule has 0 fully saturated rings. The maximum Gasteiger partial charge on any atom is 0.226 e. The van der Waals surface area contributed by atoms with E-state index in [0.717, 1.165) is 15.7 Å². The van der Waals surface area contributed by atoms with Crippen LogP contribution in [-0.4, -0.2) is 43.2 Å². The number of anilines is 1. The van der Waals surface area contributed by atoms with Crippen LogP contribution in [0.15, 0.2) is 29.1 Å². The highest BCUT2D eigenvalue weighted by Gasteiger charge is 2.14. The van der Waals surface area contributed by atoms with E-state index in [1.54, 1.807) is 27.4 Å². The van der Waals surface area contributed by atoms with Gasteiger partial charge in [0, 0.05) is 12.2 Å². The van der Waals surface area contributed by atoms with Crippen molar-refractivity contribution in [2.45, 2.75) is 17.2 Å². The number of hydrogen-bond acceptors (Lipinski definition) is 8. The van der Waals surface area contributed by atoms with Gasteiger partial charge in [-0.1, -0.05) is 29.2 Å². The summed E-state index contributed by atoms with van der Waals surface area (Å²) in [5.74, 6) is 2.28. The fourth-order valence-corrected chi connectivity index (χ4v) is 3.70. The molecule has 1 aromatic heterocycles. The number of ether oxygens (including phenoxy) is 3. The Labute approximate surface area is 160 Å². The van der Waals surface area contributed by atoms with Gasteiger partial charge in [0.25, 0.3) is 0 Å². The van der Waals surface area contributed by atoms with Crippen LogP contribution < -0.4 is 19.5 Å². The molecule has 0 bridgehead atoms. The number of rotatable bonds is 10. The Morgan fingerprint density at radius 3 is 2.50 bits per heavy atom. The molecule has 2 rings (SSSR count). The highest BCUT2D eigenvalue weighted by molar-refractivity contribution is 8.01. The van der Waals surface area contributed by atoms with Crippen LogP contribution in [0, 0.1) is 0 Å². The minimum Gasteiger partial charge on any atom is -0.493 e. The number of methoxy groups -OCH3 is 3. The van der Waals surface area contributed by atoms with E-state index in [0.29, 0.717) is 35.2 Å². The predicted molar refractivity (Wildman–Crippen MR) is 104 cm³/mol. The molecule has 0 spiro atoms. The summed E-state index contributed by atoms with van der Waals surface area (Å²) >= 11 is 2.87. The number of amides is 1. The molecule has 0 radical (unpaired) electrons. The maximum absolute atomic E-state index is 12.2. The fourth-order valence-electron chi connectivity index (χ4n) is 2.17. The third kappa shape index (κ3) is 5.37. The second-order valence-corrected chi connectivity index (χ2v) is 7.30. The number of hydrogen-bond donors (Lipinski definition) is 1. The number of nitrogens with one attached hydrogen (secondary N) is 1. The van der Waals surface area contributed by atoms with Crippen LogP contribution in [0.4, 0.5) is 5.13 Å². The summed E-state index contributed by atoms with van der Waals surface area (Å²) in [4.78, 5) is 12.2. The van der Waals surface area contributed by atoms with Crippen LogP contribution >= 0.6 is 23.1 Å². The van der Waals surface area contributed by atoms with Crippen molar-refractivity contribution in [1.82, 2.24) is 10.2 Å². The Hall–Kier alpha value is -2.26. The van der Waals surface area contributed by atoms with E-state index in [1.807, 2.05) is 12.1 Å². The fraction of sp³-hybridized carbons (Fsp3) is 0.353. The SMILES string of the molecule is C=CCSc1nnc(NC(=O)CCc2cc(OC)c(OC)c(OC)c2)s1. The van der Waals surface area contributed by atoms with Gasteiger partial charge in [-0.15, -0.1) is 16.8 Å². The van der Waals surface area contributed by atoms with E-state index in [4.69, 9.17) is 14.2 Å². The average molecular weight is 396 g/mol. The number of thioether (sulfide) groups is 1. The van der Waals surface area contributed by atoms with Crippen molar-refractivity contribution in [3.63, 3.8) is 0 Å². The number of aromatic nitrogens is 2. The number of carbonyl (C=O) groups excluding carboxylic acids is 1. The van der Waals surface area contributed by atoms with Gasteiger partial charge < -0.3 is 19.5 Å². The van der Waals surface area contributed by atoms with Gasteiger partial charge in [0.1, 0.15) is 0 Å². The molecule has 1 aromatic carbocycles. The van der Waals surface area contributed by atoms with Crippen molar-refractivity contribution in [3.8, 4) is 17.2 Å². The summed E-state index contributed by atoms with van der Waals surface area (Å²) in [5, 5.41) is 11.2. The van der Waals surface area contributed by atoms with E-state index in [9.17, 15) is 4.79 Å². The molecule has 0 saturated heterocycles. The Morgan fingerprint density at radius 1 is 1.23 bits per heavy atom. The summed E-state index contributed by atoms with van der Waals surface area (Å²) in [6, 6.07) is 3.67.